The van der Waals surface area contributed by atoms with E-state index in [9.17, 15) is 0 Å². The first-order valence-electron chi connectivity index (χ1n) is 6.65. The fourth-order valence-corrected chi connectivity index (χ4v) is 2.77. The van der Waals surface area contributed by atoms with Crippen LogP contribution < -0.4 is 5.32 Å². The third-order valence-electron chi connectivity index (χ3n) is 2.97. The Kier molecular flexibility index (Phi) is 4.66. The molecule has 2 aromatic heterocycles. The first-order valence-corrected chi connectivity index (χ1v) is 7.53. The van der Waals surface area contributed by atoms with Crippen molar-refractivity contribution >= 4 is 11.3 Å². The van der Waals surface area contributed by atoms with Crippen LogP contribution >= 0.6 is 11.3 Å². The van der Waals surface area contributed by atoms with Crippen LogP contribution in [0.25, 0.3) is 0 Å². The molecule has 0 aromatic carbocycles. The predicted molar refractivity (Wildman–Crippen MR) is 77.4 cm³/mol. The van der Waals surface area contributed by atoms with Gasteiger partial charge < -0.3 is 5.32 Å². The minimum atomic E-state index is 0.205. The van der Waals surface area contributed by atoms with E-state index in [0.29, 0.717) is 6.04 Å². The average Bonchev–Trinajstić information content (AvgIpc) is 2.97. The van der Waals surface area contributed by atoms with Gasteiger partial charge in [-0.25, -0.2) is 14.6 Å². The molecule has 1 unspecified atom stereocenters. The lowest BCUT2D eigenvalue weighted by Gasteiger charge is -2.17. The fraction of sp³-hybridized carbons (Fsp3) is 0.615. The van der Waals surface area contributed by atoms with Crippen molar-refractivity contribution in [2.24, 2.45) is 0 Å². The summed E-state index contributed by atoms with van der Waals surface area (Å²) in [6.45, 7) is 9.30. The van der Waals surface area contributed by atoms with Crippen molar-refractivity contribution in [2.75, 3.05) is 6.54 Å². The molecular formula is C13H21N5S. The Morgan fingerprint density at radius 3 is 2.79 bits per heavy atom. The molecule has 0 aliphatic heterocycles. The molecule has 1 N–H and O–H groups in total. The highest BCUT2D eigenvalue weighted by Gasteiger charge is 2.18. The van der Waals surface area contributed by atoms with E-state index in [1.165, 1.54) is 0 Å². The molecule has 0 amide bonds. The first kappa shape index (κ1) is 14.1. The van der Waals surface area contributed by atoms with Crippen LogP contribution in [-0.2, 0) is 6.42 Å². The molecule has 0 aliphatic carbocycles. The molecule has 0 spiro atoms. The number of rotatable bonds is 6. The zero-order valence-corrected chi connectivity index (χ0v) is 12.7. The largest absolute Gasteiger partial charge is 0.309 e. The van der Waals surface area contributed by atoms with Gasteiger partial charge in [0.25, 0.3) is 0 Å². The molecular weight excluding hydrogens is 258 g/mol. The minimum Gasteiger partial charge on any atom is -0.309 e. The van der Waals surface area contributed by atoms with Gasteiger partial charge in [0.2, 0.25) is 0 Å². The zero-order valence-electron chi connectivity index (χ0n) is 11.9. The summed E-state index contributed by atoms with van der Waals surface area (Å²) >= 11 is 1.69. The Morgan fingerprint density at radius 1 is 1.42 bits per heavy atom. The zero-order chi connectivity index (χ0) is 13.8. The molecule has 19 heavy (non-hydrogen) atoms. The quantitative estimate of drug-likeness (QED) is 0.883. The predicted octanol–water partition coefficient (Wildman–Crippen LogP) is 2.52. The van der Waals surface area contributed by atoms with Crippen LogP contribution in [0.1, 0.15) is 49.4 Å². The highest BCUT2D eigenvalue weighted by atomic mass is 32.1. The molecule has 0 aliphatic rings. The highest BCUT2D eigenvalue weighted by Crippen LogP contribution is 2.20. The van der Waals surface area contributed by atoms with Gasteiger partial charge in [0, 0.05) is 17.8 Å². The van der Waals surface area contributed by atoms with Crippen LogP contribution in [0.3, 0.4) is 0 Å². The fourth-order valence-electron chi connectivity index (χ4n) is 2.10. The van der Waals surface area contributed by atoms with E-state index in [0.717, 1.165) is 29.5 Å². The lowest BCUT2D eigenvalue weighted by Crippen LogP contribution is -2.25. The van der Waals surface area contributed by atoms with Gasteiger partial charge in [-0.1, -0.05) is 6.92 Å². The van der Waals surface area contributed by atoms with Crippen LogP contribution in [0.4, 0.5) is 0 Å². The number of hydrogen-bond acceptors (Lipinski definition) is 5. The van der Waals surface area contributed by atoms with Crippen molar-refractivity contribution in [3.63, 3.8) is 0 Å². The number of hydrogen-bond donors (Lipinski definition) is 1. The monoisotopic (exact) mass is 279 g/mol. The molecule has 0 radical (unpaired) electrons. The lowest BCUT2D eigenvalue weighted by molar-refractivity contribution is 0.465. The van der Waals surface area contributed by atoms with E-state index in [2.05, 4.69) is 46.5 Å². The van der Waals surface area contributed by atoms with Crippen molar-refractivity contribution in [2.45, 2.75) is 46.2 Å². The van der Waals surface area contributed by atoms with E-state index >= 15 is 0 Å². The highest BCUT2D eigenvalue weighted by molar-refractivity contribution is 7.09. The Labute approximate surface area is 118 Å². The standard InChI is InChI=1S/C13H21N5S/c1-5-14-11(12-7-19-10(4)17-12)6-13-15-8-16-18(13)9(2)3/h7-9,11,14H,5-6H2,1-4H3. The van der Waals surface area contributed by atoms with Crippen LogP contribution in [0.15, 0.2) is 11.7 Å². The summed E-state index contributed by atoms with van der Waals surface area (Å²) in [5.74, 6) is 1.01. The van der Waals surface area contributed by atoms with Gasteiger partial charge in [0.1, 0.15) is 12.2 Å². The molecule has 6 heteroatoms. The molecule has 2 heterocycles. The summed E-state index contributed by atoms with van der Waals surface area (Å²) in [7, 11) is 0. The van der Waals surface area contributed by atoms with E-state index < -0.39 is 0 Å². The average molecular weight is 279 g/mol. The van der Waals surface area contributed by atoms with E-state index in [4.69, 9.17) is 0 Å². The number of thiazole rings is 1. The smallest absolute Gasteiger partial charge is 0.138 e. The summed E-state index contributed by atoms with van der Waals surface area (Å²) in [6.07, 6.45) is 2.44. The minimum absolute atomic E-state index is 0.205. The van der Waals surface area contributed by atoms with Crippen LogP contribution in [0.5, 0.6) is 0 Å². The second kappa shape index (κ2) is 6.25. The van der Waals surface area contributed by atoms with Crippen molar-refractivity contribution in [1.82, 2.24) is 25.1 Å². The third kappa shape index (κ3) is 3.39. The topological polar surface area (TPSA) is 55.6 Å². The number of nitrogens with one attached hydrogen (secondary N) is 1. The molecule has 0 bridgehead atoms. The number of likely N-dealkylation sites (N-methyl/N-ethyl adjacent to an activating group) is 1. The second-order valence-corrected chi connectivity index (χ2v) is 5.88. The molecule has 0 saturated heterocycles. The van der Waals surface area contributed by atoms with Crippen LogP contribution in [0.2, 0.25) is 0 Å². The number of aromatic nitrogens is 4. The van der Waals surface area contributed by atoms with Gasteiger partial charge in [0.05, 0.1) is 16.7 Å². The Balaban J connectivity index is 2.19. The SMILES string of the molecule is CCNC(Cc1ncnn1C(C)C)c1csc(C)n1. The van der Waals surface area contributed by atoms with Crippen molar-refractivity contribution in [1.29, 1.82) is 0 Å². The lowest BCUT2D eigenvalue weighted by atomic mass is 10.1. The van der Waals surface area contributed by atoms with E-state index in [-0.39, 0.29) is 6.04 Å². The molecule has 1 atom stereocenters. The van der Waals surface area contributed by atoms with E-state index in [1.807, 2.05) is 11.6 Å². The molecule has 2 aromatic rings. The molecule has 5 nitrogen and oxygen atoms in total. The molecule has 2 rings (SSSR count). The van der Waals surface area contributed by atoms with Crippen LogP contribution in [0, 0.1) is 6.92 Å². The summed E-state index contributed by atoms with van der Waals surface area (Å²) < 4.78 is 1.98. The summed E-state index contributed by atoms with van der Waals surface area (Å²) in [5.41, 5.74) is 1.10. The van der Waals surface area contributed by atoms with Gasteiger partial charge in [0.15, 0.2) is 0 Å². The first-order chi connectivity index (χ1) is 9.11. The van der Waals surface area contributed by atoms with Gasteiger partial charge in [-0.3, -0.25) is 0 Å². The van der Waals surface area contributed by atoms with Crippen molar-refractivity contribution in [3.8, 4) is 0 Å². The normalized spacial score (nSPS) is 13.1. The van der Waals surface area contributed by atoms with Gasteiger partial charge in [-0.2, -0.15) is 5.10 Å². The van der Waals surface area contributed by atoms with E-state index in [1.54, 1.807) is 17.7 Å². The summed E-state index contributed by atoms with van der Waals surface area (Å²) in [4.78, 5) is 8.96. The maximum absolute atomic E-state index is 4.58. The van der Waals surface area contributed by atoms with Crippen LogP contribution in [-0.4, -0.2) is 26.3 Å². The number of aryl methyl sites for hydroxylation is 1. The Morgan fingerprint density at radius 2 is 2.21 bits per heavy atom. The maximum atomic E-state index is 4.58. The molecule has 104 valence electrons. The number of nitrogens with zero attached hydrogens (tertiary/aromatic N) is 4. The van der Waals surface area contributed by atoms with Crippen molar-refractivity contribution in [3.05, 3.63) is 28.2 Å². The Hall–Kier alpha value is -1.27. The van der Waals surface area contributed by atoms with Gasteiger partial charge in [-0.15, -0.1) is 11.3 Å². The van der Waals surface area contributed by atoms with Crippen molar-refractivity contribution < 1.29 is 0 Å². The molecule has 0 fully saturated rings. The second-order valence-electron chi connectivity index (χ2n) is 4.82. The summed E-state index contributed by atoms with van der Waals surface area (Å²) in [6, 6.07) is 0.536. The third-order valence-corrected chi connectivity index (χ3v) is 3.76. The van der Waals surface area contributed by atoms with Gasteiger partial charge >= 0.3 is 0 Å². The Bertz CT molecular complexity index is 517. The van der Waals surface area contributed by atoms with Gasteiger partial charge in [-0.05, 0) is 27.3 Å². The maximum Gasteiger partial charge on any atom is 0.138 e. The summed E-state index contributed by atoms with van der Waals surface area (Å²) in [5, 5.41) is 11.0. The molecule has 0 saturated carbocycles.